The van der Waals surface area contributed by atoms with E-state index in [1.807, 2.05) is 12.4 Å². The van der Waals surface area contributed by atoms with E-state index in [2.05, 4.69) is 143 Å². The van der Waals surface area contributed by atoms with Gasteiger partial charge >= 0.3 is 0 Å². The lowest BCUT2D eigenvalue weighted by Crippen LogP contribution is -2.55. The van der Waals surface area contributed by atoms with Crippen LogP contribution in [0.15, 0.2) is 146 Å². The molecule has 5 aliphatic carbocycles. The number of aromatic nitrogens is 1. The minimum absolute atomic E-state index is 0.187. The minimum Gasteiger partial charge on any atom is -0.310 e. The first kappa shape index (κ1) is 27.2. The molecule has 5 aromatic carbocycles. The highest BCUT2D eigenvalue weighted by molar-refractivity contribution is 5.88. The van der Waals surface area contributed by atoms with Crippen molar-refractivity contribution in [3.05, 3.63) is 157 Å². The summed E-state index contributed by atoms with van der Waals surface area (Å²) in [6, 6.07) is 49.8. The van der Waals surface area contributed by atoms with Gasteiger partial charge in [-0.2, -0.15) is 0 Å². The number of fused-ring (bicyclic) bond motifs is 3. The molecule has 0 radical (unpaired) electrons. The number of anilines is 3. The molecule has 1 heterocycles. The summed E-state index contributed by atoms with van der Waals surface area (Å²) >= 11 is 0. The molecule has 0 N–H and O–H groups in total. The van der Waals surface area contributed by atoms with E-state index in [1.54, 1.807) is 11.1 Å². The Morgan fingerprint density at radius 2 is 0.957 bits per heavy atom. The van der Waals surface area contributed by atoms with Crippen LogP contribution in [0.4, 0.5) is 17.1 Å². The summed E-state index contributed by atoms with van der Waals surface area (Å²) in [5.74, 6) is 3.44. The van der Waals surface area contributed by atoms with E-state index in [4.69, 9.17) is 0 Å². The van der Waals surface area contributed by atoms with Gasteiger partial charge in [-0.15, -0.1) is 0 Å². The van der Waals surface area contributed by atoms with Crippen molar-refractivity contribution >= 4 is 17.1 Å². The van der Waals surface area contributed by atoms with Crippen molar-refractivity contribution in [2.45, 2.75) is 37.5 Å². The average molecular weight is 607 g/mol. The zero-order chi connectivity index (χ0) is 31.0. The molecular formula is C45H38N2. The van der Waals surface area contributed by atoms with Gasteiger partial charge in [-0.1, -0.05) is 84.9 Å². The zero-order valence-electron chi connectivity index (χ0n) is 26.6. The van der Waals surface area contributed by atoms with Crippen LogP contribution in [0.1, 0.15) is 43.2 Å². The van der Waals surface area contributed by atoms with Crippen LogP contribution in [-0.2, 0) is 5.41 Å². The standard InChI is InChI=1S/C45H38N2/c1-2-6-32(7-3-1)33-10-14-38(15-11-33)47(39-16-12-34(13-17-39)35-20-22-46-23-21-35)40-18-19-44-42(29-40)41-8-4-5-9-43(41)45(44)36-25-30-24-31(27-36)28-37(45)26-30/h1-23,29-31,36-37H,24-28H2. The maximum Gasteiger partial charge on any atom is 0.0468 e. The fourth-order valence-corrected chi connectivity index (χ4v) is 10.5. The SMILES string of the molecule is c1ccc(-c2ccc(N(c3ccc(-c4ccncc4)cc3)c3ccc4c(c3)-c3ccccc3C43C4CC5CC(C4)CC3C5)cc2)cc1. The first-order chi connectivity index (χ1) is 23.3. The molecule has 0 amide bonds. The van der Waals surface area contributed by atoms with Crippen LogP contribution in [0.5, 0.6) is 0 Å². The van der Waals surface area contributed by atoms with Crippen molar-refractivity contribution < 1.29 is 0 Å². The van der Waals surface area contributed by atoms with Gasteiger partial charge in [0.15, 0.2) is 0 Å². The van der Waals surface area contributed by atoms with Gasteiger partial charge in [-0.3, -0.25) is 4.98 Å². The third-order valence-electron chi connectivity index (χ3n) is 12.2. The Hall–Kier alpha value is -4.95. The van der Waals surface area contributed by atoms with Crippen LogP contribution in [-0.4, -0.2) is 4.98 Å². The van der Waals surface area contributed by atoms with Crippen molar-refractivity contribution in [3.8, 4) is 33.4 Å². The quantitative estimate of drug-likeness (QED) is 0.194. The Morgan fingerprint density at radius 1 is 0.447 bits per heavy atom. The maximum atomic E-state index is 4.22. The molecule has 228 valence electrons. The average Bonchev–Trinajstić information content (AvgIpc) is 3.42. The molecule has 2 heteroatoms. The summed E-state index contributed by atoms with van der Waals surface area (Å²) in [5, 5.41) is 0. The van der Waals surface area contributed by atoms with Crippen molar-refractivity contribution in [2.24, 2.45) is 23.7 Å². The molecule has 1 spiro atoms. The molecule has 0 unspecified atom stereocenters. The number of pyridine rings is 1. The van der Waals surface area contributed by atoms with Crippen LogP contribution in [0.2, 0.25) is 0 Å². The summed E-state index contributed by atoms with van der Waals surface area (Å²) in [5.41, 5.74) is 14.7. The van der Waals surface area contributed by atoms with Crippen LogP contribution in [0.3, 0.4) is 0 Å². The van der Waals surface area contributed by atoms with Crippen molar-refractivity contribution in [1.29, 1.82) is 0 Å². The summed E-state index contributed by atoms with van der Waals surface area (Å²) < 4.78 is 0. The Labute approximate surface area is 277 Å². The molecule has 4 bridgehead atoms. The number of rotatable bonds is 5. The second kappa shape index (κ2) is 10.5. The van der Waals surface area contributed by atoms with E-state index in [0.717, 1.165) is 35.0 Å². The zero-order valence-corrected chi connectivity index (χ0v) is 26.6. The molecule has 11 rings (SSSR count). The predicted octanol–water partition coefficient (Wildman–Crippen LogP) is 11.6. The van der Waals surface area contributed by atoms with Gasteiger partial charge in [0, 0.05) is 34.9 Å². The normalized spacial score (nSPS) is 24.7. The highest BCUT2D eigenvalue weighted by Crippen LogP contribution is 2.69. The van der Waals surface area contributed by atoms with Crippen molar-refractivity contribution in [1.82, 2.24) is 4.98 Å². The van der Waals surface area contributed by atoms with Gasteiger partial charge in [-0.25, -0.2) is 0 Å². The maximum absolute atomic E-state index is 4.22. The molecule has 4 saturated carbocycles. The highest BCUT2D eigenvalue weighted by atomic mass is 15.1. The molecular weight excluding hydrogens is 569 g/mol. The Kier molecular flexibility index (Phi) is 6.10. The third kappa shape index (κ3) is 4.13. The fourth-order valence-electron chi connectivity index (χ4n) is 10.5. The van der Waals surface area contributed by atoms with E-state index < -0.39 is 0 Å². The molecule has 6 aromatic rings. The van der Waals surface area contributed by atoms with Crippen LogP contribution >= 0.6 is 0 Å². The van der Waals surface area contributed by atoms with E-state index in [1.165, 1.54) is 71.2 Å². The van der Waals surface area contributed by atoms with Crippen LogP contribution in [0.25, 0.3) is 33.4 Å². The number of nitrogens with zero attached hydrogens (tertiary/aromatic N) is 2. The Balaban J connectivity index is 1.11. The molecule has 0 atom stereocenters. The van der Waals surface area contributed by atoms with E-state index >= 15 is 0 Å². The second-order valence-corrected chi connectivity index (χ2v) is 14.5. The van der Waals surface area contributed by atoms with Gasteiger partial charge in [-0.05, 0) is 149 Å². The molecule has 4 fully saturated rings. The number of hydrogen-bond acceptors (Lipinski definition) is 2. The minimum atomic E-state index is 0.187. The Bertz CT molecular complexity index is 1970. The van der Waals surface area contributed by atoms with Gasteiger partial charge < -0.3 is 4.90 Å². The van der Waals surface area contributed by atoms with Crippen LogP contribution in [0, 0.1) is 23.7 Å². The first-order valence-electron chi connectivity index (χ1n) is 17.5. The molecule has 0 saturated heterocycles. The van der Waals surface area contributed by atoms with Crippen LogP contribution < -0.4 is 4.90 Å². The molecule has 1 aromatic heterocycles. The summed E-state index contributed by atoms with van der Waals surface area (Å²) in [6.07, 6.45) is 10.8. The Morgan fingerprint density at radius 3 is 1.60 bits per heavy atom. The van der Waals surface area contributed by atoms with Crippen molar-refractivity contribution in [3.63, 3.8) is 0 Å². The molecule has 2 nitrogen and oxygen atoms in total. The van der Waals surface area contributed by atoms with Gasteiger partial charge in [0.05, 0.1) is 0 Å². The number of benzene rings is 5. The lowest BCUT2D eigenvalue weighted by molar-refractivity contribution is -0.0399. The summed E-state index contributed by atoms with van der Waals surface area (Å²) in [6.45, 7) is 0. The second-order valence-electron chi connectivity index (χ2n) is 14.5. The predicted molar refractivity (Wildman–Crippen MR) is 193 cm³/mol. The lowest BCUT2D eigenvalue weighted by atomic mass is 9.43. The third-order valence-corrected chi connectivity index (χ3v) is 12.2. The first-order valence-corrected chi connectivity index (χ1v) is 17.5. The van der Waals surface area contributed by atoms with Crippen molar-refractivity contribution in [2.75, 3.05) is 4.90 Å². The lowest BCUT2D eigenvalue weighted by Gasteiger charge is -2.61. The summed E-state index contributed by atoms with van der Waals surface area (Å²) in [7, 11) is 0. The van der Waals surface area contributed by atoms with Gasteiger partial charge in [0.2, 0.25) is 0 Å². The molecule has 47 heavy (non-hydrogen) atoms. The van der Waals surface area contributed by atoms with E-state index in [0.29, 0.717) is 0 Å². The topological polar surface area (TPSA) is 16.1 Å². The van der Waals surface area contributed by atoms with Gasteiger partial charge in [0.25, 0.3) is 0 Å². The largest absolute Gasteiger partial charge is 0.310 e. The van der Waals surface area contributed by atoms with Gasteiger partial charge in [0.1, 0.15) is 0 Å². The van der Waals surface area contributed by atoms with E-state index in [-0.39, 0.29) is 5.41 Å². The smallest absolute Gasteiger partial charge is 0.0468 e. The van der Waals surface area contributed by atoms with E-state index in [9.17, 15) is 0 Å². The fraction of sp³-hybridized carbons (Fsp3) is 0.222. The molecule has 0 aliphatic heterocycles. The highest BCUT2D eigenvalue weighted by Gasteiger charge is 2.61. The monoisotopic (exact) mass is 606 g/mol. The number of hydrogen-bond donors (Lipinski definition) is 0. The summed E-state index contributed by atoms with van der Waals surface area (Å²) in [4.78, 5) is 6.66. The molecule has 5 aliphatic rings.